The number of urea groups is 1. The van der Waals surface area contributed by atoms with Gasteiger partial charge in [-0.2, -0.15) is 0 Å². The Morgan fingerprint density at radius 1 is 1.22 bits per heavy atom. The number of hydrogen-bond donors (Lipinski definition) is 5. The molecule has 8 nitrogen and oxygen atoms in total. The number of carboxylic acids is 1. The van der Waals surface area contributed by atoms with Gasteiger partial charge in [0.25, 0.3) is 0 Å². The summed E-state index contributed by atoms with van der Waals surface area (Å²) in [6.45, 7) is -0.104. The van der Waals surface area contributed by atoms with Crippen LogP contribution in [0.4, 0.5) is 4.79 Å². The van der Waals surface area contributed by atoms with Gasteiger partial charge in [0, 0.05) is 19.0 Å². The van der Waals surface area contributed by atoms with E-state index in [1.165, 1.54) is 0 Å². The van der Waals surface area contributed by atoms with Crippen LogP contribution in [-0.4, -0.2) is 53.4 Å². The number of amides is 3. The second-order valence-electron chi connectivity index (χ2n) is 4.09. The van der Waals surface area contributed by atoms with Crippen molar-refractivity contribution in [2.45, 2.75) is 31.4 Å². The molecule has 0 aliphatic heterocycles. The smallest absolute Gasteiger partial charge is 0.332 e. The third-order valence-corrected chi connectivity index (χ3v) is 2.34. The van der Waals surface area contributed by atoms with E-state index < -0.39 is 18.1 Å². The lowest BCUT2D eigenvalue weighted by Gasteiger charge is -2.09. The SMILES string of the molecule is O=C(CNC(=O)NCC[C@H](O)C(=O)O)NC1CC1. The van der Waals surface area contributed by atoms with Gasteiger partial charge in [0.1, 0.15) is 0 Å². The number of nitrogens with one attached hydrogen (secondary N) is 3. The predicted molar refractivity (Wildman–Crippen MR) is 60.8 cm³/mol. The molecule has 0 aromatic heterocycles. The molecular formula is C10H17N3O5. The Balaban J connectivity index is 2.02. The van der Waals surface area contributed by atoms with Gasteiger partial charge in [0.15, 0.2) is 6.10 Å². The van der Waals surface area contributed by atoms with Crippen LogP contribution in [0.2, 0.25) is 0 Å². The molecule has 0 spiro atoms. The van der Waals surface area contributed by atoms with Gasteiger partial charge in [-0.15, -0.1) is 0 Å². The van der Waals surface area contributed by atoms with E-state index >= 15 is 0 Å². The molecular weight excluding hydrogens is 242 g/mol. The van der Waals surface area contributed by atoms with Gasteiger partial charge in [0.05, 0.1) is 6.54 Å². The highest BCUT2D eigenvalue weighted by Gasteiger charge is 2.23. The molecule has 0 aromatic carbocycles. The minimum Gasteiger partial charge on any atom is -0.479 e. The molecule has 0 saturated heterocycles. The van der Waals surface area contributed by atoms with Crippen LogP contribution in [0.1, 0.15) is 19.3 Å². The largest absolute Gasteiger partial charge is 0.479 e. The van der Waals surface area contributed by atoms with Crippen molar-refractivity contribution in [3.05, 3.63) is 0 Å². The third kappa shape index (κ3) is 6.04. The highest BCUT2D eigenvalue weighted by molar-refractivity contribution is 5.84. The Kier molecular flexibility index (Phi) is 5.37. The average Bonchev–Trinajstić information content (AvgIpc) is 3.10. The van der Waals surface area contributed by atoms with E-state index in [0.29, 0.717) is 0 Å². The zero-order valence-electron chi connectivity index (χ0n) is 9.81. The third-order valence-electron chi connectivity index (χ3n) is 2.34. The summed E-state index contributed by atoms with van der Waals surface area (Å²) in [6.07, 6.45) is 0.371. The Labute approximate surface area is 104 Å². The van der Waals surface area contributed by atoms with E-state index in [2.05, 4.69) is 16.0 Å². The van der Waals surface area contributed by atoms with Gasteiger partial charge in [-0.25, -0.2) is 9.59 Å². The van der Waals surface area contributed by atoms with E-state index in [1.54, 1.807) is 0 Å². The van der Waals surface area contributed by atoms with Crippen LogP contribution in [-0.2, 0) is 9.59 Å². The summed E-state index contributed by atoms with van der Waals surface area (Å²) in [5.41, 5.74) is 0. The Morgan fingerprint density at radius 2 is 1.89 bits per heavy atom. The van der Waals surface area contributed by atoms with E-state index in [-0.39, 0.29) is 31.5 Å². The maximum atomic E-state index is 11.2. The molecule has 0 heterocycles. The molecule has 1 rings (SSSR count). The number of aliphatic hydroxyl groups is 1. The molecule has 0 aromatic rings. The highest BCUT2D eigenvalue weighted by Crippen LogP contribution is 2.18. The quantitative estimate of drug-likeness (QED) is 0.376. The number of aliphatic carboxylic acids is 1. The molecule has 0 bridgehead atoms. The molecule has 1 atom stereocenters. The Hall–Kier alpha value is -1.83. The number of carboxylic acid groups (broad SMARTS) is 1. The van der Waals surface area contributed by atoms with E-state index in [9.17, 15) is 14.4 Å². The molecule has 1 fully saturated rings. The summed E-state index contributed by atoms with van der Waals surface area (Å²) in [5, 5.41) is 24.7. The fraction of sp³-hybridized carbons (Fsp3) is 0.700. The maximum absolute atomic E-state index is 11.2. The summed E-state index contributed by atoms with van der Waals surface area (Å²) >= 11 is 0. The minimum absolute atomic E-state index is 0.0174. The van der Waals surface area contributed by atoms with Crippen molar-refractivity contribution in [1.82, 2.24) is 16.0 Å². The topological polar surface area (TPSA) is 128 Å². The molecule has 8 heteroatoms. The molecule has 0 radical (unpaired) electrons. The van der Waals surface area contributed by atoms with Crippen molar-refractivity contribution >= 4 is 17.9 Å². The molecule has 0 unspecified atom stereocenters. The normalized spacial score (nSPS) is 15.6. The van der Waals surface area contributed by atoms with Gasteiger partial charge in [-0.1, -0.05) is 0 Å². The Morgan fingerprint density at radius 3 is 2.44 bits per heavy atom. The van der Waals surface area contributed by atoms with Gasteiger partial charge >= 0.3 is 12.0 Å². The Bertz CT molecular complexity index is 329. The second kappa shape index (κ2) is 6.80. The van der Waals surface area contributed by atoms with Gasteiger partial charge < -0.3 is 26.2 Å². The number of rotatable bonds is 7. The van der Waals surface area contributed by atoms with Crippen molar-refractivity contribution in [3.63, 3.8) is 0 Å². The minimum atomic E-state index is -1.50. The van der Waals surface area contributed by atoms with Crippen molar-refractivity contribution < 1.29 is 24.6 Å². The fourth-order valence-corrected chi connectivity index (χ4v) is 1.18. The molecule has 5 N–H and O–H groups in total. The summed E-state index contributed by atoms with van der Waals surface area (Å²) < 4.78 is 0. The van der Waals surface area contributed by atoms with Gasteiger partial charge in [-0.3, -0.25) is 4.79 Å². The summed E-state index contributed by atoms with van der Waals surface area (Å²) in [5.74, 6) is -1.58. The lowest BCUT2D eigenvalue weighted by atomic mass is 10.2. The van der Waals surface area contributed by atoms with Crippen LogP contribution < -0.4 is 16.0 Å². The van der Waals surface area contributed by atoms with Crippen LogP contribution in [0, 0.1) is 0 Å². The second-order valence-corrected chi connectivity index (χ2v) is 4.09. The standard InChI is InChI=1S/C10H17N3O5/c14-7(9(16)17)3-4-11-10(18)12-5-8(15)13-6-1-2-6/h6-7,14H,1-5H2,(H,13,15)(H,16,17)(H2,11,12,18)/t7-/m0/s1. The first-order valence-electron chi connectivity index (χ1n) is 5.71. The fourth-order valence-electron chi connectivity index (χ4n) is 1.18. The molecule has 3 amide bonds. The van der Waals surface area contributed by atoms with Crippen LogP contribution in [0.3, 0.4) is 0 Å². The van der Waals surface area contributed by atoms with Crippen LogP contribution in [0.15, 0.2) is 0 Å². The zero-order chi connectivity index (χ0) is 13.5. The molecule has 1 saturated carbocycles. The van der Waals surface area contributed by atoms with Gasteiger partial charge in [-0.05, 0) is 12.8 Å². The molecule has 1 aliphatic rings. The van der Waals surface area contributed by atoms with E-state index in [4.69, 9.17) is 10.2 Å². The lowest BCUT2D eigenvalue weighted by molar-refractivity contribution is -0.146. The first kappa shape index (κ1) is 14.2. The lowest BCUT2D eigenvalue weighted by Crippen LogP contribution is -2.43. The number of hydrogen-bond acceptors (Lipinski definition) is 4. The number of carbonyl (C=O) groups excluding carboxylic acids is 2. The summed E-state index contributed by atoms with van der Waals surface area (Å²) in [7, 11) is 0. The van der Waals surface area contributed by atoms with Gasteiger partial charge in [0.2, 0.25) is 5.91 Å². The molecule has 102 valence electrons. The average molecular weight is 259 g/mol. The first-order chi connectivity index (χ1) is 8.49. The summed E-state index contributed by atoms with van der Waals surface area (Å²) in [4.78, 5) is 32.6. The van der Waals surface area contributed by atoms with Crippen molar-refractivity contribution in [1.29, 1.82) is 0 Å². The number of carbonyl (C=O) groups is 3. The van der Waals surface area contributed by atoms with Crippen molar-refractivity contribution in [2.75, 3.05) is 13.1 Å². The predicted octanol–water partition coefficient (Wildman–Crippen LogP) is -1.60. The number of aliphatic hydroxyl groups excluding tert-OH is 1. The van der Waals surface area contributed by atoms with Crippen LogP contribution >= 0.6 is 0 Å². The van der Waals surface area contributed by atoms with Crippen molar-refractivity contribution in [3.8, 4) is 0 Å². The van der Waals surface area contributed by atoms with E-state index in [1.807, 2.05) is 0 Å². The van der Waals surface area contributed by atoms with Crippen LogP contribution in [0.25, 0.3) is 0 Å². The molecule has 1 aliphatic carbocycles. The maximum Gasteiger partial charge on any atom is 0.332 e. The van der Waals surface area contributed by atoms with Crippen molar-refractivity contribution in [2.24, 2.45) is 0 Å². The summed E-state index contributed by atoms with van der Waals surface area (Å²) in [6, 6.07) is -0.327. The van der Waals surface area contributed by atoms with E-state index in [0.717, 1.165) is 12.8 Å². The highest BCUT2D eigenvalue weighted by atomic mass is 16.4. The first-order valence-corrected chi connectivity index (χ1v) is 5.71. The zero-order valence-corrected chi connectivity index (χ0v) is 9.81. The monoisotopic (exact) mass is 259 g/mol. The molecule has 18 heavy (non-hydrogen) atoms. The van der Waals surface area contributed by atoms with Crippen LogP contribution in [0.5, 0.6) is 0 Å².